The number of nitrogens with one attached hydrogen (secondary N) is 1. The number of rotatable bonds is 1. The number of hydrogen-bond acceptors (Lipinski definition) is 4. The Hall–Kier alpha value is -3.02. The third kappa shape index (κ3) is 2.18. The summed E-state index contributed by atoms with van der Waals surface area (Å²) in [6.07, 6.45) is 4.03. The molecule has 5 nitrogen and oxygen atoms in total. The molecule has 1 aliphatic heterocycles. The number of halogens is 1. The summed E-state index contributed by atoms with van der Waals surface area (Å²) < 4.78 is 15.1. The van der Waals surface area contributed by atoms with Crippen molar-refractivity contribution >= 4 is 5.69 Å². The van der Waals surface area contributed by atoms with Crippen LogP contribution in [0.1, 0.15) is 25.7 Å². The maximum atomic E-state index is 13.3. The summed E-state index contributed by atoms with van der Waals surface area (Å²) in [4.78, 5) is 17.1. The van der Waals surface area contributed by atoms with Crippen LogP contribution in [0.2, 0.25) is 0 Å². The van der Waals surface area contributed by atoms with Crippen LogP contribution in [-0.4, -0.2) is 14.8 Å². The van der Waals surface area contributed by atoms with Gasteiger partial charge in [0.15, 0.2) is 11.5 Å². The van der Waals surface area contributed by atoms with Crippen LogP contribution >= 0.6 is 0 Å². The first-order valence-corrected chi connectivity index (χ1v) is 8.82. The molecule has 1 spiro atoms. The van der Waals surface area contributed by atoms with E-state index in [1.165, 1.54) is 12.1 Å². The Labute approximate surface area is 149 Å². The highest BCUT2D eigenvalue weighted by Gasteiger charge is 2.42. The van der Waals surface area contributed by atoms with Gasteiger partial charge in [-0.25, -0.2) is 9.07 Å². The van der Waals surface area contributed by atoms with Crippen LogP contribution in [0.25, 0.3) is 22.6 Å². The molecule has 0 atom stereocenters. The van der Waals surface area contributed by atoms with E-state index in [9.17, 15) is 9.18 Å². The van der Waals surface area contributed by atoms with Crippen molar-refractivity contribution in [1.82, 2.24) is 14.8 Å². The lowest BCUT2D eigenvalue weighted by Gasteiger charge is -2.39. The minimum Gasteiger partial charge on any atom is -0.361 e. The Morgan fingerprint density at radius 2 is 1.77 bits per heavy atom. The minimum absolute atomic E-state index is 0.251. The molecule has 5 rings (SSSR count). The van der Waals surface area contributed by atoms with E-state index in [2.05, 4.69) is 10.3 Å². The first kappa shape index (κ1) is 15.3. The smallest absolute Gasteiger partial charge is 0.300 e. The van der Waals surface area contributed by atoms with E-state index in [-0.39, 0.29) is 17.2 Å². The van der Waals surface area contributed by atoms with Gasteiger partial charge in [0.2, 0.25) is 0 Å². The van der Waals surface area contributed by atoms with Crippen molar-refractivity contribution < 1.29 is 4.39 Å². The molecule has 1 fully saturated rings. The van der Waals surface area contributed by atoms with Crippen LogP contribution in [-0.2, 0) is 5.66 Å². The Kier molecular flexibility index (Phi) is 3.22. The first-order valence-electron chi connectivity index (χ1n) is 8.82. The van der Waals surface area contributed by atoms with Gasteiger partial charge >= 0.3 is 0 Å². The molecule has 130 valence electrons. The van der Waals surface area contributed by atoms with Gasteiger partial charge in [-0.15, -0.1) is 0 Å². The molecule has 0 amide bonds. The first-order chi connectivity index (χ1) is 12.7. The minimum atomic E-state index is -0.396. The van der Waals surface area contributed by atoms with Gasteiger partial charge in [-0.05, 0) is 62.1 Å². The van der Waals surface area contributed by atoms with Crippen molar-refractivity contribution in [3.63, 3.8) is 0 Å². The van der Waals surface area contributed by atoms with E-state index in [4.69, 9.17) is 5.10 Å². The molecule has 0 radical (unpaired) electrons. The number of hydrogen-bond donors (Lipinski definition) is 1. The number of anilines is 1. The third-order valence-electron chi connectivity index (χ3n) is 5.30. The second-order valence-electron chi connectivity index (χ2n) is 6.92. The summed E-state index contributed by atoms with van der Waals surface area (Å²) in [6.45, 7) is 0. The van der Waals surface area contributed by atoms with Gasteiger partial charge in [0.25, 0.3) is 5.56 Å². The normalized spacial score (nSPS) is 16.8. The molecule has 0 bridgehead atoms. The SMILES string of the molecule is O=c1nc2n(nc1-c1ccc(F)cc1)C1(CCCC1)Nc1ccccc1-2. The van der Waals surface area contributed by atoms with Crippen LogP contribution in [0.15, 0.2) is 53.3 Å². The predicted octanol–water partition coefficient (Wildman–Crippen LogP) is 3.76. The monoisotopic (exact) mass is 348 g/mol. The number of nitrogens with zero attached hydrogens (tertiary/aromatic N) is 3. The molecule has 26 heavy (non-hydrogen) atoms. The second kappa shape index (κ2) is 5.49. The Morgan fingerprint density at radius 3 is 2.54 bits per heavy atom. The van der Waals surface area contributed by atoms with Crippen molar-refractivity contribution in [2.24, 2.45) is 0 Å². The maximum absolute atomic E-state index is 13.3. The van der Waals surface area contributed by atoms with Gasteiger partial charge in [-0.3, -0.25) is 4.79 Å². The highest BCUT2D eigenvalue weighted by molar-refractivity contribution is 5.76. The predicted molar refractivity (Wildman–Crippen MR) is 97.2 cm³/mol. The lowest BCUT2D eigenvalue weighted by molar-refractivity contribution is 0.300. The zero-order valence-corrected chi connectivity index (χ0v) is 14.1. The highest BCUT2D eigenvalue weighted by atomic mass is 19.1. The quantitative estimate of drug-likeness (QED) is 0.727. The summed E-state index contributed by atoms with van der Waals surface area (Å²) >= 11 is 0. The van der Waals surface area contributed by atoms with Crippen LogP contribution in [0.3, 0.4) is 0 Å². The largest absolute Gasteiger partial charge is 0.361 e. The lowest BCUT2D eigenvalue weighted by Crippen LogP contribution is -2.45. The van der Waals surface area contributed by atoms with E-state index in [1.54, 1.807) is 12.1 Å². The maximum Gasteiger partial charge on any atom is 0.300 e. The Morgan fingerprint density at radius 1 is 1.04 bits per heavy atom. The average molecular weight is 348 g/mol. The molecular formula is C20H17FN4O. The van der Waals surface area contributed by atoms with Crippen LogP contribution in [0.5, 0.6) is 0 Å². The van der Waals surface area contributed by atoms with Gasteiger partial charge in [-0.1, -0.05) is 12.1 Å². The van der Waals surface area contributed by atoms with Gasteiger partial charge in [-0.2, -0.15) is 10.1 Å². The Balaban J connectivity index is 1.77. The van der Waals surface area contributed by atoms with E-state index < -0.39 is 5.56 Å². The van der Waals surface area contributed by atoms with Gasteiger partial charge < -0.3 is 5.32 Å². The number of aromatic nitrogens is 3. The molecule has 1 N–H and O–H groups in total. The fourth-order valence-corrected chi connectivity index (χ4v) is 4.04. The van der Waals surface area contributed by atoms with Crippen molar-refractivity contribution in [2.75, 3.05) is 5.32 Å². The summed E-state index contributed by atoms with van der Waals surface area (Å²) in [5.41, 5.74) is 1.93. The van der Waals surface area contributed by atoms with Gasteiger partial charge in [0.05, 0.1) is 0 Å². The summed E-state index contributed by atoms with van der Waals surface area (Å²) in [5, 5.41) is 8.34. The Bertz CT molecular complexity index is 1050. The molecule has 0 unspecified atom stereocenters. The second-order valence-corrected chi connectivity index (χ2v) is 6.92. The van der Waals surface area contributed by atoms with Crippen molar-refractivity contribution in [1.29, 1.82) is 0 Å². The fourth-order valence-electron chi connectivity index (χ4n) is 4.04. The molecule has 0 saturated heterocycles. The van der Waals surface area contributed by atoms with E-state index >= 15 is 0 Å². The molecule has 2 aromatic carbocycles. The molecular weight excluding hydrogens is 331 g/mol. The van der Waals surface area contributed by atoms with Gasteiger partial charge in [0.1, 0.15) is 11.5 Å². The summed E-state index contributed by atoms with van der Waals surface area (Å²) in [7, 11) is 0. The molecule has 3 aromatic rings. The number of para-hydroxylation sites is 1. The van der Waals surface area contributed by atoms with Crippen molar-refractivity contribution in [3.05, 3.63) is 64.7 Å². The zero-order chi connectivity index (χ0) is 17.7. The topological polar surface area (TPSA) is 59.8 Å². The van der Waals surface area contributed by atoms with E-state index in [1.807, 2.05) is 28.9 Å². The highest BCUT2D eigenvalue weighted by Crippen LogP contribution is 2.44. The number of fused-ring (bicyclic) bond motifs is 4. The molecule has 1 aliphatic carbocycles. The van der Waals surface area contributed by atoms with E-state index in [0.29, 0.717) is 11.4 Å². The van der Waals surface area contributed by atoms with E-state index in [0.717, 1.165) is 36.9 Å². The molecule has 1 saturated carbocycles. The van der Waals surface area contributed by atoms with Crippen molar-refractivity contribution in [2.45, 2.75) is 31.3 Å². The molecule has 2 aliphatic rings. The molecule has 6 heteroatoms. The fraction of sp³-hybridized carbons (Fsp3) is 0.250. The lowest BCUT2D eigenvalue weighted by atomic mass is 10.0. The van der Waals surface area contributed by atoms with Crippen LogP contribution in [0, 0.1) is 5.82 Å². The van der Waals surface area contributed by atoms with Crippen LogP contribution < -0.4 is 10.9 Å². The van der Waals surface area contributed by atoms with Gasteiger partial charge in [0, 0.05) is 16.8 Å². The van der Waals surface area contributed by atoms with Crippen molar-refractivity contribution in [3.8, 4) is 22.6 Å². The zero-order valence-electron chi connectivity index (χ0n) is 14.1. The third-order valence-corrected chi connectivity index (χ3v) is 5.30. The summed E-state index contributed by atoms with van der Waals surface area (Å²) in [6, 6.07) is 13.7. The molecule has 1 aromatic heterocycles. The van der Waals surface area contributed by atoms with Crippen LogP contribution in [0.4, 0.5) is 10.1 Å². The average Bonchev–Trinajstić information content (AvgIpc) is 3.11. The molecule has 2 heterocycles. The standard InChI is InChI=1S/C20H17FN4O/c21-14-9-7-13(8-10-14)17-19(26)22-18-15-5-1-2-6-16(15)23-20(25(18)24-17)11-3-4-12-20/h1-2,5-10,23H,3-4,11-12H2. The number of benzene rings is 2. The summed E-state index contributed by atoms with van der Waals surface area (Å²) in [5.74, 6) is 0.250.